The van der Waals surface area contributed by atoms with Gasteiger partial charge in [0.2, 0.25) is 0 Å². The highest BCUT2D eigenvalue weighted by molar-refractivity contribution is 5.96. The van der Waals surface area contributed by atoms with Crippen molar-refractivity contribution >= 4 is 16.7 Å². The van der Waals surface area contributed by atoms with Gasteiger partial charge in [-0.1, -0.05) is 37.6 Å². The lowest BCUT2D eigenvalue weighted by atomic mass is 10.1. The van der Waals surface area contributed by atoms with Crippen LogP contribution in [-0.2, 0) is 4.79 Å². The van der Waals surface area contributed by atoms with Gasteiger partial charge in [-0.05, 0) is 6.42 Å². The van der Waals surface area contributed by atoms with Gasteiger partial charge in [-0.15, -0.1) is 0 Å². The first-order valence-corrected chi connectivity index (χ1v) is 6.69. The molecule has 0 saturated carbocycles. The van der Waals surface area contributed by atoms with Crippen molar-refractivity contribution in [2.45, 2.75) is 26.7 Å². The number of fused-ring (bicyclic) bond motifs is 1. The zero-order chi connectivity index (χ0) is 14.5. The summed E-state index contributed by atoms with van der Waals surface area (Å²) in [6, 6.07) is 8.77. The first kappa shape index (κ1) is 14.2. The Balaban J connectivity index is 2.47. The third kappa shape index (κ3) is 3.02. The van der Waals surface area contributed by atoms with E-state index in [1.807, 2.05) is 12.1 Å². The third-order valence-corrected chi connectivity index (χ3v) is 2.95. The van der Waals surface area contributed by atoms with E-state index in [1.165, 1.54) is 6.92 Å². The van der Waals surface area contributed by atoms with Crippen LogP contribution in [0.5, 0.6) is 17.2 Å². The average Bonchev–Trinajstić information content (AvgIpc) is 2.43. The van der Waals surface area contributed by atoms with Gasteiger partial charge >= 0.3 is 5.97 Å². The molecule has 0 radical (unpaired) electrons. The molecule has 20 heavy (non-hydrogen) atoms. The van der Waals surface area contributed by atoms with Crippen molar-refractivity contribution in [3.8, 4) is 17.2 Å². The highest BCUT2D eigenvalue weighted by Gasteiger charge is 2.14. The highest BCUT2D eigenvalue weighted by Crippen LogP contribution is 2.40. The Kier molecular flexibility index (Phi) is 4.45. The van der Waals surface area contributed by atoms with Gasteiger partial charge in [-0.2, -0.15) is 0 Å². The summed E-state index contributed by atoms with van der Waals surface area (Å²) in [5.41, 5.74) is 0. The van der Waals surface area contributed by atoms with Crippen LogP contribution in [0.3, 0.4) is 0 Å². The van der Waals surface area contributed by atoms with E-state index in [4.69, 9.17) is 9.47 Å². The highest BCUT2D eigenvalue weighted by atomic mass is 16.5. The van der Waals surface area contributed by atoms with Crippen LogP contribution in [0.15, 0.2) is 30.3 Å². The summed E-state index contributed by atoms with van der Waals surface area (Å²) in [7, 11) is 0. The number of carbonyl (C=O) groups is 1. The molecule has 2 aromatic rings. The summed E-state index contributed by atoms with van der Waals surface area (Å²) in [6.07, 6.45) is 1.90. The molecule has 2 aromatic carbocycles. The average molecular weight is 274 g/mol. The normalized spacial score (nSPS) is 10.5. The van der Waals surface area contributed by atoms with Crippen molar-refractivity contribution in [1.82, 2.24) is 0 Å². The van der Waals surface area contributed by atoms with Crippen LogP contribution in [0.25, 0.3) is 10.8 Å². The fourth-order valence-corrected chi connectivity index (χ4v) is 1.98. The van der Waals surface area contributed by atoms with Crippen molar-refractivity contribution < 1.29 is 19.4 Å². The number of aromatic hydroxyl groups is 1. The van der Waals surface area contributed by atoms with Crippen molar-refractivity contribution in [3.63, 3.8) is 0 Å². The minimum Gasteiger partial charge on any atom is -0.504 e. The van der Waals surface area contributed by atoms with Crippen LogP contribution >= 0.6 is 0 Å². The zero-order valence-corrected chi connectivity index (χ0v) is 11.7. The van der Waals surface area contributed by atoms with Gasteiger partial charge in [-0.3, -0.25) is 4.79 Å². The minimum atomic E-state index is -0.402. The van der Waals surface area contributed by atoms with Crippen molar-refractivity contribution in [1.29, 1.82) is 0 Å². The number of hydrogen-bond acceptors (Lipinski definition) is 4. The van der Waals surface area contributed by atoms with Crippen LogP contribution in [0.4, 0.5) is 0 Å². The van der Waals surface area contributed by atoms with Crippen molar-refractivity contribution in [2.24, 2.45) is 0 Å². The lowest BCUT2D eigenvalue weighted by Gasteiger charge is -2.13. The summed E-state index contributed by atoms with van der Waals surface area (Å²) in [5, 5.41) is 11.5. The zero-order valence-electron chi connectivity index (χ0n) is 11.7. The summed E-state index contributed by atoms with van der Waals surface area (Å²) >= 11 is 0. The van der Waals surface area contributed by atoms with Gasteiger partial charge in [0.15, 0.2) is 11.5 Å². The Labute approximate surface area is 117 Å². The van der Waals surface area contributed by atoms with E-state index in [2.05, 4.69) is 6.92 Å². The lowest BCUT2D eigenvalue weighted by Crippen LogP contribution is -2.03. The summed E-state index contributed by atoms with van der Waals surface area (Å²) in [4.78, 5) is 11.2. The molecule has 0 heterocycles. The molecule has 2 rings (SSSR count). The predicted molar refractivity (Wildman–Crippen MR) is 77.3 cm³/mol. The molecule has 0 spiro atoms. The molecule has 0 unspecified atom stereocenters. The summed E-state index contributed by atoms with van der Waals surface area (Å²) in [6.45, 7) is 3.93. The molecule has 0 saturated heterocycles. The van der Waals surface area contributed by atoms with Crippen LogP contribution in [0.2, 0.25) is 0 Å². The van der Waals surface area contributed by atoms with E-state index in [9.17, 15) is 9.90 Å². The largest absolute Gasteiger partial charge is 0.504 e. The van der Waals surface area contributed by atoms with Crippen LogP contribution in [-0.4, -0.2) is 17.7 Å². The first-order valence-electron chi connectivity index (χ1n) is 6.69. The number of carbonyl (C=O) groups excluding carboxylic acids is 1. The monoisotopic (exact) mass is 274 g/mol. The van der Waals surface area contributed by atoms with E-state index in [0.29, 0.717) is 28.9 Å². The molecule has 0 atom stereocenters. The van der Waals surface area contributed by atoms with E-state index >= 15 is 0 Å². The molecule has 106 valence electrons. The molecular formula is C16H18O4. The number of phenols is 1. The Bertz CT molecular complexity index is 619. The van der Waals surface area contributed by atoms with E-state index in [0.717, 1.165) is 12.8 Å². The minimum absolute atomic E-state index is 0.0765. The molecule has 4 heteroatoms. The van der Waals surface area contributed by atoms with Crippen LogP contribution < -0.4 is 9.47 Å². The Morgan fingerprint density at radius 1 is 1.20 bits per heavy atom. The maximum atomic E-state index is 11.2. The van der Waals surface area contributed by atoms with Crippen LogP contribution in [0.1, 0.15) is 26.7 Å². The third-order valence-electron chi connectivity index (χ3n) is 2.95. The molecule has 0 aliphatic heterocycles. The van der Waals surface area contributed by atoms with Gasteiger partial charge in [-0.25, -0.2) is 0 Å². The number of benzene rings is 2. The molecular weight excluding hydrogens is 256 g/mol. The SMILES string of the molecule is CCCCOc1cc(OC(C)=O)c2ccccc2c1O. The number of rotatable bonds is 5. The number of unbranched alkanes of at least 4 members (excludes halogenated alkanes) is 1. The standard InChI is InChI=1S/C16H18O4/c1-3-4-9-19-15-10-14(20-11(2)17)12-7-5-6-8-13(12)16(15)18/h5-8,10,18H,3-4,9H2,1-2H3. The fraction of sp³-hybridized carbons (Fsp3) is 0.312. The van der Waals surface area contributed by atoms with Crippen LogP contribution in [0, 0.1) is 0 Å². The predicted octanol–water partition coefficient (Wildman–Crippen LogP) is 3.65. The van der Waals surface area contributed by atoms with Crippen molar-refractivity contribution in [3.05, 3.63) is 30.3 Å². The van der Waals surface area contributed by atoms with Gasteiger partial charge in [0.1, 0.15) is 5.75 Å². The molecule has 0 amide bonds. The Morgan fingerprint density at radius 3 is 2.55 bits per heavy atom. The number of ether oxygens (including phenoxy) is 2. The van der Waals surface area contributed by atoms with E-state index in [-0.39, 0.29) is 5.75 Å². The topological polar surface area (TPSA) is 55.8 Å². The molecule has 0 aliphatic rings. The fourth-order valence-electron chi connectivity index (χ4n) is 1.98. The molecule has 0 bridgehead atoms. The molecule has 0 aromatic heterocycles. The first-order chi connectivity index (χ1) is 9.63. The molecule has 1 N–H and O–H groups in total. The molecule has 4 nitrogen and oxygen atoms in total. The van der Waals surface area contributed by atoms with Crippen molar-refractivity contribution in [2.75, 3.05) is 6.61 Å². The van der Waals surface area contributed by atoms with E-state index in [1.54, 1.807) is 18.2 Å². The van der Waals surface area contributed by atoms with Gasteiger partial charge in [0.25, 0.3) is 0 Å². The summed E-state index contributed by atoms with van der Waals surface area (Å²) in [5.74, 6) is 0.416. The smallest absolute Gasteiger partial charge is 0.308 e. The number of esters is 1. The summed E-state index contributed by atoms with van der Waals surface area (Å²) < 4.78 is 10.8. The van der Waals surface area contributed by atoms with Gasteiger partial charge in [0.05, 0.1) is 6.61 Å². The van der Waals surface area contributed by atoms with Gasteiger partial charge in [0, 0.05) is 23.8 Å². The maximum Gasteiger partial charge on any atom is 0.308 e. The second kappa shape index (κ2) is 6.28. The Morgan fingerprint density at radius 2 is 1.90 bits per heavy atom. The molecule has 0 aliphatic carbocycles. The second-order valence-electron chi connectivity index (χ2n) is 4.56. The molecule has 0 fully saturated rings. The maximum absolute atomic E-state index is 11.2. The quantitative estimate of drug-likeness (QED) is 0.513. The number of hydrogen-bond donors (Lipinski definition) is 1. The van der Waals surface area contributed by atoms with E-state index < -0.39 is 5.97 Å². The lowest BCUT2D eigenvalue weighted by molar-refractivity contribution is -0.131. The number of phenolic OH excluding ortho intramolecular Hbond substituents is 1. The van der Waals surface area contributed by atoms with Gasteiger partial charge < -0.3 is 14.6 Å². The second-order valence-corrected chi connectivity index (χ2v) is 4.56. The Hall–Kier alpha value is -2.23.